The van der Waals surface area contributed by atoms with Crippen molar-refractivity contribution in [2.24, 2.45) is 0 Å². The predicted molar refractivity (Wildman–Crippen MR) is 117 cm³/mol. The van der Waals surface area contributed by atoms with Gasteiger partial charge in [-0.05, 0) is 30.7 Å². The second-order valence-electron chi connectivity index (χ2n) is 7.94. The van der Waals surface area contributed by atoms with Gasteiger partial charge in [-0.2, -0.15) is 0 Å². The van der Waals surface area contributed by atoms with Gasteiger partial charge in [0.05, 0.1) is 23.9 Å². The summed E-state index contributed by atoms with van der Waals surface area (Å²) < 4.78 is 12.1. The number of nitrogens with zero attached hydrogens (tertiary/aromatic N) is 1. The normalized spacial score (nSPS) is 16.7. The molecule has 0 spiro atoms. The minimum absolute atomic E-state index is 0.0299. The van der Waals surface area contributed by atoms with Crippen LogP contribution in [0.4, 0.5) is 0 Å². The molecule has 2 aromatic carbocycles. The van der Waals surface area contributed by atoms with E-state index in [1.54, 1.807) is 31.2 Å². The van der Waals surface area contributed by atoms with Crippen molar-refractivity contribution >= 4 is 28.2 Å². The molecule has 3 aromatic rings. The van der Waals surface area contributed by atoms with Gasteiger partial charge in [0.15, 0.2) is 17.3 Å². The first kappa shape index (κ1) is 21.0. The molecule has 0 saturated carbocycles. The number of ketones is 1. The Morgan fingerprint density at radius 3 is 2.38 bits per heavy atom. The molecular weight excluding hydrogens is 438 g/mol. The Balaban J connectivity index is 1.78. The van der Waals surface area contributed by atoms with Crippen molar-refractivity contribution in [2.45, 2.75) is 38.2 Å². The number of hydrogen-bond acceptors (Lipinski definition) is 7. The maximum atomic E-state index is 13.5. The summed E-state index contributed by atoms with van der Waals surface area (Å²) in [5, 5.41) is 31.8. The van der Waals surface area contributed by atoms with Crippen LogP contribution in [0.3, 0.4) is 0 Å². The Bertz CT molecular complexity index is 1330. The molecule has 1 aliphatic carbocycles. The van der Waals surface area contributed by atoms with Crippen LogP contribution in [0, 0.1) is 0 Å². The zero-order chi connectivity index (χ0) is 22.7. The molecule has 1 aromatic heterocycles. The minimum Gasteiger partial charge on any atom is -0.454 e. The van der Waals surface area contributed by atoms with Crippen LogP contribution in [0.1, 0.15) is 29.3 Å². The summed E-state index contributed by atoms with van der Waals surface area (Å²) in [7, 11) is 0. The van der Waals surface area contributed by atoms with Crippen molar-refractivity contribution in [3.8, 4) is 22.8 Å². The molecule has 2 aliphatic rings. The first-order valence-electron chi connectivity index (χ1n) is 10.2. The van der Waals surface area contributed by atoms with E-state index in [1.807, 2.05) is 0 Å². The SMILES string of the molecule is CC[C@@H](O)[C@@H](O)[C@@H](O)Cn1c2c(c3ccc(Cl)cc3c1=O)C(=O)c1cc3c(cc1-2)OCO3. The minimum atomic E-state index is -1.47. The molecule has 9 heteroatoms. The second kappa shape index (κ2) is 7.60. The third-order valence-electron chi connectivity index (χ3n) is 6.05. The molecule has 0 unspecified atom stereocenters. The van der Waals surface area contributed by atoms with Crippen molar-refractivity contribution in [2.75, 3.05) is 6.79 Å². The largest absolute Gasteiger partial charge is 0.454 e. The second-order valence-corrected chi connectivity index (χ2v) is 8.38. The van der Waals surface area contributed by atoms with Gasteiger partial charge in [-0.15, -0.1) is 0 Å². The van der Waals surface area contributed by atoms with Crippen molar-refractivity contribution in [3.63, 3.8) is 0 Å². The standard InChI is InChI=1S/C23H20ClNO7/c1-2-15(26)22(29)16(27)8-25-20-12-6-17-18(32-9-31-17)7-13(12)21(28)19(20)11-4-3-10(24)5-14(11)23(25)30/h3-7,15-16,22,26-27,29H,2,8-9H2,1H3/t15-,16+,22-/m1/s1. The lowest BCUT2D eigenvalue weighted by atomic mass is 10.0. The smallest absolute Gasteiger partial charge is 0.259 e. The molecule has 5 rings (SSSR count). The highest BCUT2D eigenvalue weighted by atomic mass is 35.5. The van der Waals surface area contributed by atoms with E-state index in [9.17, 15) is 24.9 Å². The van der Waals surface area contributed by atoms with E-state index in [0.717, 1.165) is 0 Å². The van der Waals surface area contributed by atoms with Crippen LogP contribution in [0.25, 0.3) is 22.0 Å². The van der Waals surface area contributed by atoms with Crippen LogP contribution in [-0.4, -0.2) is 50.8 Å². The van der Waals surface area contributed by atoms with E-state index >= 15 is 0 Å². The fourth-order valence-corrected chi connectivity index (χ4v) is 4.53. The molecule has 8 nitrogen and oxygen atoms in total. The number of pyridine rings is 1. The van der Waals surface area contributed by atoms with Gasteiger partial charge in [-0.3, -0.25) is 9.59 Å². The van der Waals surface area contributed by atoms with Gasteiger partial charge in [-0.25, -0.2) is 0 Å². The third-order valence-corrected chi connectivity index (χ3v) is 6.28. The first-order chi connectivity index (χ1) is 15.3. The number of carbonyl (C=O) groups excluding carboxylic acids is 1. The molecule has 1 aliphatic heterocycles. The summed E-state index contributed by atoms with van der Waals surface area (Å²) in [6, 6.07) is 7.93. The van der Waals surface area contributed by atoms with Crippen molar-refractivity contribution in [1.29, 1.82) is 0 Å². The Labute approximate surface area is 187 Å². The molecule has 32 heavy (non-hydrogen) atoms. The fraction of sp³-hybridized carbons (Fsp3) is 0.304. The zero-order valence-corrected chi connectivity index (χ0v) is 17.8. The van der Waals surface area contributed by atoms with Crippen LogP contribution in [-0.2, 0) is 6.54 Å². The number of ether oxygens (including phenoxy) is 2. The van der Waals surface area contributed by atoms with Crippen LogP contribution in [0.15, 0.2) is 35.1 Å². The molecule has 0 amide bonds. The average molecular weight is 458 g/mol. The Morgan fingerprint density at radius 2 is 1.69 bits per heavy atom. The van der Waals surface area contributed by atoms with Crippen molar-refractivity contribution in [3.05, 3.63) is 56.8 Å². The summed E-state index contributed by atoms with van der Waals surface area (Å²) in [6.07, 6.45) is -3.85. The van der Waals surface area contributed by atoms with Gasteiger partial charge < -0.3 is 29.4 Å². The number of halogens is 1. The quantitative estimate of drug-likeness (QED) is 0.420. The number of aliphatic hydroxyl groups is 3. The molecule has 0 bridgehead atoms. The summed E-state index contributed by atoms with van der Waals surface area (Å²) in [5.74, 6) is 0.590. The molecule has 3 N–H and O–H groups in total. The third kappa shape index (κ3) is 3.02. The highest BCUT2D eigenvalue weighted by Crippen LogP contribution is 2.46. The van der Waals surface area contributed by atoms with Gasteiger partial charge >= 0.3 is 0 Å². The summed E-state index contributed by atoms with van der Waals surface area (Å²) in [5.41, 5.74) is 0.967. The lowest BCUT2D eigenvalue weighted by Crippen LogP contribution is -2.41. The maximum absolute atomic E-state index is 13.5. The van der Waals surface area contributed by atoms with Crippen molar-refractivity contribution < 1.29 is 29.6 Å². The fourth-order valence-electron chi connectivity index (χ4n) is 4.36. The zero-order valence-electron chi connectivity index (χ0n) is 17.0. The molecule has 166 valence electrons. The highest BCUT2D eigenvalue weighted by molar-refractivity contribution is 6.32. The number of aliphatic hydroxyl groups excluding tert-OH is 3. The molecule has 2 heterocycles. The molecule has 3 atom stereocenters. The van der Waals surface area contributed by atoms with Crippen LogP contribution in [0.2, 0.25) is 5.02 Å². The van der Waals surface area contributed by atoms with Gasteiger partial charge in [0.25, 0.3) is 5.56 Å². The van der Waals surface area contributed by atoms with E-state index in [2.05, 4.69) is 0 Å². The lowest BCUT2D eigenvalue weighted by molar-refractivity contribution is -0.0653. The maximum Gasteiger partial charge on any atom is 0.259 e. The topological polar surface area (TPSA) is 118 Å². The molecule has 0 fully saturated rings. The van der Waals surface area contributed by atoms with Crippen molar-refractivity contribution in [1.82, 2.24) is 4.57 Å². The predicted octanol–water partition coefficient (Wildman–Crippen LogP) is 2.09. The summed E-state index contributed by atoms with van der Waals surface area (Å²) in [4.78, 5) is 26.9. The van der Waals surface area contributed by atoms with E-state index in [-0.39, 0.29) is 30.9 Å². The molecular formula is C23H20ClNO7. The van der Waals surface area contributed by atoms with E-state index in [4.69, 9.17) is 21.1 Å². The Kier molecular flexibility index (Phi) is 4.98. The van der Waals surface area contributed by atoms with Gasteiger partial charge in [0.2, 0.25) is 6.79 Å². The van der Waals surface area contributed by atoms with Gasteiger partial charge in [-0.1, -0.05) is 24.6 Å². The van der Waals surface area contributed by atoms with Crippen LogP contribution < -0.4 is 15.0 Å². The highest BCUT2D eigenvalue weighted by Gasteiger charge is 2.36. The van der Waals surface area contributed by atoms with Crippen LogP contribution in [0.5, 0.6) is 11.5 Å². The number of benzene rings is 2. The van der Waals surface area contributed by atoms with Gasteiger partial charge in [0.1, 0.15) is 12.2 Å². The summed E-state index contributed by atoms with van der Waals surface area (Å²) in [6.45, 7) is 1.37. The monoisotopic (exact) mass is 457 g/mol. The first-order valence-corrected chi connectivity index (χ1v) is 10.6. The number of hydrogen-bond donors (Lipinski definition) is 3. The number of rotatable bonds is 5. The number of carbonyl (C=O) groups is 1. The number of fused-ring (bicyclic) bond motifs is 6. The Hall–Kier alpha value is -2.91. The Morgan fingerprint density at radius 1 is 1.00 bits per heavy atom. The lowest BCUT2D eigenvalue weighted by Gasteiger charge is -2.24. The molecule has 0 radical (unpaired) electrons. The van der Waals surface area contributed by atoms with E-state index in [0.29, 0.717) is 44.3 Å². The summed E-state index contributed by atoms with van der Waals surface area (Å²) >= 11 is 6.12. The molecule has 0 saturated heterocycles. The van der Waals surface area contributed by atoms with E-state index < -0.39 is 23.9 Å². The van der Waals surface area contributed by atoms with Gasteiger partial charge in [0, 0.05) is 26.9 Å². The van der Waals surface area contributed by atoms with E-state index in [1.165, 1.54) is 10.6 Å². The average Bonchev–Trinajstić information content (AvgIpc) is 3.36. The van der Waals surface area contributed by atoms with Crippen LogP contribution >= 0.6 is 11.6 Å². The number of aromatic nitrogens is 1.